The molecule has 19 heavy (non-hydrogen) atoms. The molecule has 4 nitrogen and oxygen atoms in total. The largest absolute Gasteiger partial charge is 0.496 e. The molecule has 2 N–H and O–H groups in total. The summed E-state index contributed by atoms with van der Waals surface area (Å²) in [6, 6.07) is 11.6. The van der Waals surface area contributed by atoms with E-state index in [-0.39, 0.29) is 0 Å². The number of hydrogen-bond donors (Lipinski definition) is 2. The van der Waals surface area contributed by atoms with Crippen molar-refractivity contribution < 1.29 is 9.15 Å². The van der Waals surface area contributed by atoms with Crippen LogP contribution in [0.15, 0.2) is 47.1 Å². The van der Waals surface area contributed by atoms with Gasteiger partial charge in [-0.25, -0.2) is 0 Å². The maximum Gasteiger partial charge on any atom is 0.166 e. The highest BCUT2D eigenvalue weighted by Crippen LogP contribution is 2.16. The van der Waals surface area contributed by atoms with Gasteiger partial charge in [0.1, 0.15) is 11.5 Å². The summed E-state index contributed by atoms with van der Waals surface area (Å²) in [5, 5.41) is 6.80. The molecule has 0 atom stereocenters. The predicted octanol–water partition coefficient (Wildman–Crippen LogP) is 2.45. The molecule has 2 aromatic rings. The van der Waals surface area contributed by atoms with Crippen LogP contribution in [0, 0.1) is 0 Å². The lowest BCUT2D eigenvalue weighted by Gasteiger charge is -2.11. The van der Waals surface area contributed by atoms with E-state index >= 15 is 0 Å². The Bertz CT molecular complexity index is 526. The summed E-state index contributed by atoms with van der Waals surface area (Å²) in [5.74, 6) is 1.70. The first-order chi connectivity index (χ1) is 9.29. The van der Waals surface area contributed by atoms with E-state index in [1.54, 1.807) is 13.4 Å². The Hall–Kier alpha value is -2.01. The van der Waals surface area contributed by atoms with Crippen molar-refractivity contribution in [3.63, 3.8) is 0 Å². The average Bonchev–Trinajstić information content (AvgIpc) is 2.96. The zero-order valence-corrected chi connectivity index (χ0v) is 11.5. The first-order valence-electron chi connectivity index (χ1n) is 5.95. The van der Waals surface area contributed by atoms with Crippen LogP contribution in [0.3, 0.4) is 0 Å². The van der Waals surface area contributed by atoms with Crippen LogP contribution in [0.2, 0.25) is 0 Å². The van der Waals surface area contributed by atoms with Crippen LogP contribution < -0.4 is 15.4 Å². The Morgan fingerprint density at radius 2 is 1.95 bits per heavy atom. The van der Waals surface area contributed by atoms with Crippen molar-refractivity contribution in [3.05, 3.63) is 54.0 Å². The van der Waals surface area contributed by atoms with Gasteiger partial charge in [-0.15, -0.1) is 0 Å². The van der Waals surface area contributed by atoms with Crippen molar-refractivity contribution >= 4 is 17.3 Å². The Labute approximate surface area is 117 Å². The number of nitrogens with one attached hydrogen (secondary N) is 2. The molecule has 0 aliphatic rings. The van der Waals surface area contributed by atoms with Gasteiger partial charge in [-0.3, -0.25) is 0 Å². The minimum atomic E-state index is 0.574. The smallest absolute Gasteiger partial charge is 0.166 e. The van der Waals surface area contributed by atoms with Gasteiger partial charge in [0, 0.05) is 12.1 Å². The van der Waals surface area contributed by atoms with Gasteiger partial charge in [-0.1, -0.05) is 18.2 Å². The summed E-state index contributed by atoms with van der Waals surface area (Å²) in [6.07, 6.45) is 1.64. The second kappa shape index (κ2) is 6.80. The van der Waals surface area contributed by atoms with Crippen molar-refractivity contribution in [2.75, 3.05) is 7.11 Å². The lowest BCUT2D eigenvalue weighted by atomic mass is 10.2. The Kier molecular flexibility index (Phi) is 4.80. The topological polar surface area (TPSA) is 46.4 Å². The number of thiocarbonyl (C=S) groups is 1. The van der Waals surface area contributed by atoms with Crippen LogP contribution in [-0.4, -0.2) is 12.2 Å². The SMILES string of the molecule is COc1ccccc1CNC(=S)NCc1ccco1. The normalized spacial score (nSPS) is 9.95. The standard InChI is InChI=1S/C14H16N2O2S/c1-17-13-7-3-2-5-11(13)9-15-14(19)16-10-12-6-4-8-18-12/h2-8H,9-10H2,1H3,(H2,15,16,19). The minimum absolute atomic E-state index is 0.574. The van der Waals surface area contributed by atoms with E-state index in [1.165, 1.54) is 0 Å². The van der Waals surface area contributed by atoms with Gasteiger partial charge >= 0.3 is 0 Å². The molecule has 1 aromatic heterocycles. The van der Waals surface area contributed by atoms with E-state index in [4.69, 9.17) is 21.4 Å². The van der Waals surface area contributed by atoms with Gasteiger partial charge in [-0.05, 0) is 30.4 Å². The van der Waals surface area contributed by atoms with E-state index in [0.29, 0.717) is 18.2 Å². The van der Waals surface area contributed by atoms with Crippen LogP contribution in [0.4, 0.5) is 0 Å². The molecule has 1 aromatic carbocycles. The monoisotopic (exact) mass is 276 g/mol. The molecule has 0 radical (unpaired) electrons. The first-order valence-corrected chi connectivity index (χ1v) is 6.36. The van der Waals surface area contributed by atoms with E-state index in [2.05, 4.69) is 10.6 Å². The minimum Gasteiger partial charge on any atom is -0.496 e. The van der Waals surface area contributed by atoms with Crippen molar-refractivity contribution in [1.29, 1.82) is 0 Å². The Morgan fingerprint density at radius 3 is 2.68 bits per heavy atom. The summed E-state index contributed by atoms with van der Waals surface area (Å²) in [4.78, 5) is 0. The summed E-state index contributed by atoms with van der Waals surface area (Å²) in [6.45, 7) is 1.19. The number of hydrogen-bond acceptors (Lipinski definition) is 3. The lowest BCUT2D eigenvalue weighted by molar-refractivity contribution is 0.409. The zero-order chi connectivity index (χ0) is 13.5. The summed E-state index contributed by atoms with van der Waals surface area (Å²) in [5.41, 5.74) is 1.06. The van der Waals surface area contributed by atoms with E-state index < -0.39 is 0 Å². The van der Waals surface area contributed by atoms with E-state index in [1.807, 2.05) is 36.4 Å². The van der Waals surface area contributed by atoms with E-state index in [9.17, 15) is 0 Å². The van der Waals surface area contributed by atoms with Crippen molar-refractivity contribution in [1.82, 2.24) is 10.6 Å². The highest BCUT2D eigenvalue weighted by atomic mass is 32.1. The predicted molar refractivity (Wildman–Crippen MR) is 78.0 cm³/mol. The fraction of sp³-hybridized carbons (Fsp3) is 0.214. The fourth-order valence-electron chi connectivity index (χ4n) is 1.67. The molecular weight excluding hydrogens is 260 g/mol. The molecule has 0 unspecified atom stereocenters. The molecule has 0 fully saturated rings. The molecule has 0 aliphatic heterocycles. The maximum atomic E-state index is 5.28. The summed E-state index contributed by atoms with van der Waals surface area (Å²) >= 11 is 5.20. The quantitative estimate of drug-likeness (QED) is 0.821. The molecule has 0 amide bonds. The number of ether oxygens (including phenoxy) is 1. The van der Waals surface area contributed by atoms with Crippen LogP contribution in [0.1, 0.15) is 11.3 Å². The molecule has 0 saturated carbocycles. The third-order valence-corrected chi connectivity index (χ3v) is 2.92. The number of para-hydroxylation sites is 1. The zero-order valence-electron chi connectivity index (χ0n) is 10.7. The lowest BCUT2D eigenvalue weighted by Crippen LogP contribution is -2.34. The third kappa shape index (κ3) is 3.99. The summed E-state index contributed by atoms with van der Waals surface area (Å²) < 4.78 is 10.5. The average molecular weight is 276 g/mol. The highest BCUT2D eigenvalue weighted by Gasteiger charge is 2.03. The number of benzene rings is 1. The molecule has 100 valence electrons. The fourth-order valence-corrected chi connectivity index (χ4v) is 1.81. The van der Waals surface area contributed by atoms with Crippen molar-refractivity contribution in [2.24, 2.45) is 0 Å². The molecular formula is C14H16N2O2S. The molecule has 1 heterocycles. The molecule has 0 bridgehead atoms. The second-order valence-corrected chi connectivity index (χ2v) is 4.34. The van der Waals surface area contributed by atoms with Gasteiger partial charge in [0.25, 0.3) is 0 Å². The Balaban J connectivity index is 1.80. The number of rotatable bonds is 5. The Morgan fingerprint density at radius 1 is 1.16 bits per heavy atom. The van der Waals surface area contributed by atoms with Gasteiger partial charge in [0.15, 0.2) is 5.11 Å². The van der Waals surface area contributed by atoms with Crippen molar-refractivity contribution in [2.45, 2.75) is 13.1 Å². The van der Waals surface area contributed by atoms with Gasteiger partial charge in [0.2, 0.25) is 0 Å². The highest BCUT2D eigenvalue weighted by molar-refractivity contribution is 7.80. The molecule has 2 rings (SSSR count). The maximum absolute atomic E-state index is 5.28. The number of furan rings is 1. The number of methoxy groups -OCH3 is 1. The third-order valence-electron chi connectivity index (χ3n) is 2.64. The first kappa shape index (κ1) is 13.4. The summed E-state index contributed by atoms with van der Waals surface area (Å²) in [7, 11) is 1.66. The van der Waals surface area contributed by atoms with Crippen molar-refractivity contribution in [3.8, 4) is 5.75 Å². The second-order valence-electron chi connectivity index (χ2n) is 3.93. The van der Waals surface area contributed by atoms with Crippen LogP contribution in [0.25, 0.3) is 0 Å². The van der Waals surface area contributed by atoms with Gasteiger partial charge in [-0.2, -0.15) is 0 Å². The van der Waals surface area contributed by atoms with Crippen LogP contribution in [0.5, 0.6) is 5.75 Å². The molecule has 0 saturated heterocycles. The van der Waals surface area contributed by atoms with Crippen LogP contribution >= 0.6 is 12.2 Å². The van der Waals surface area contributed by atoms with Gasteiger partial charge in [0.05, 0.1) is 19.9 Å². The van der Waals surface area contributed by atoms with Crippen LogP contribution in [-0.2, 0) is 13.1 Å². The molecule has 5 heteroatoms. The van der Waals surface area contributed by atoms with Gasteiger partial charge < -0.3 is 19.8 Å². The van der Waals surface area contributed by atoms with E-state index in [0.717, 1.165) is 17.1 Å². The molecule has 0 spiro atoms. The molecule has 0 aliphatic carbocycles.